The van der Waals surface area contributed by atoms with Crippen LogP contribution in [0.15, 0.2) is 24.9 Å². The van der Waals surface area contributed by atoms with E-state index in [4.69, 9.17) is 0 Å². The molecule has 5 heteroatoms. The number of aromatic amines is 1. The van der Waals surface area contributed by atoms with Crippen molar-refractivity contribution in [1.82, 2.24) is 24.8 Å². The second-order valence-corrected chi connectivity index (χ2v) is 3.47. The van der Waals surface area contributed by atoms with E-state index in [1.807, 2.05) is 30.2 Å². The van der Waals surface area contributed by atoms with Gasteiger partial charge in [-0.05, 0) is 6.92 Å². The van der Waals surface area contributed by atoms with Crippen LogP contribution in [-0.4, -0.2) is 26.1 Å². The van der Waals surface area contributed by atoms with Crippen molar-refractivity contribution in [2.45, 2.75) is 20.0 Å². The Morgan fingerprint density at radius 2 is 2.47 bits per heavy atom. The molecule has 0 aromatic carbocycles. The lowest BCUT2D eigenvalue weighted by Crippen LogP contribution is -2.19. The fourth-order valence-electron chi connectivity index (χ4n) is 1.41. The highest BCUT2D eigenvalue weighted by molar-refractivity contribution is 4.99. The Morgan fingerprint density at radius 3 is 3.13 bits per heavy atom. The van der Waals surface area contributed by atoms with Gasteiger partial charge in [0.15, 0.2) is 0 Å². The number of aromatic nitrogens is 4. The van der Waals surface area contributed by atoms with Gasteiger partial charge in [0, 0.05) is 43.9 Å². The second kappa shape index (κ2) is 4.75. The highest BCUT2D eigenvalue weighted by Crippen LogP contribution is 1.94. The smallest absolute Gasteiger partial charge is 0.103 e. The third-order valence-electron chi connectivity index (χ3n) is 2.18. The van der Waals surface area contributed by atoms with Crippen molar-refractivity contribution in [2.24, 2.45) is 0 Å². The van der Waals surface area contributed by atoms with Crippen molar-refractivity contribution in [3.63, 3.8) is 0 Å². The Bertz CT molecular complexity index is 390. The van der Waals surface area contributed by atoms with Gasteiger partial charge in [-0.25, -0.2) is 9.97 Å². The van der Waals surface area contributed by atoms with E-state index in [2.05, 4.69) is 20.3 Å². The minimum absolute atomic E-state index is 0.829. The summed E-state index contributed by atoms with van der Waals surface area (Å²) < 4.78 is 2.05. The molecule has 80 valence electrons. The van der Waals surface area contributed by atoms with Gasteiger partial charge in [0.05, 0.1) is 6.33 Å². The molecule has 2 N–H and O–H groups in total. The molecule has 2 aromatic heterocycles. The molecule has 0 aliphatic rings. The van der Waals surface area contributed by atoms with E-state index >= 15 is 0 Å². The standard InChI is InChI=1S/C10H15N5/c1-9-13-7-10(14-9)6-11-2-4-15-5-3-12-8-15/h3,5,7-8,11H,2,4,6H2,1H3,(H,13,14). The maximum Gasteiger partial charge on any atom is 0.103 e. The molecule has 0 amide bonds. The Balaban J connectivity index is 1.67. The molecule has 0 saturated carbocycles. The van der Waals surface area contributed by atoms with Gasteiger partial charge < -0.3 is 14.9 Å². The zero-order valence-corrected chi connectivity index (χ0v) is 8.77. The van der Waals surface area contributed by atoms with Crippen LogP contribution in [0.4, 0.5) is 0 Å². The van der Waals surface area contributed by atoms with Crippen molar-refractivity contribution >= 4 is 0 Å². The predicted molar refractivity (Wildman–Crippen MR) is 57.3 cm³/mol. The van der Waals surface area contributed by atoms with Gasteiger partial charge in [-0.1, -0.05) is 0 Å². The van der Waals surface area contributed by atoms with Crippen LogP contribution in [0.3, 0.4) is 0 Å². The largest absolute Gasteiger partial charge is 0.345 e. The van der Waals surface area contributed by atoms with Crippen molar-refractivity contribution in [2.75, 3.05) is 6.54 Å². The lowest BCUT2D eigenvalue weighted by molar-refractivity contribution is 0.593. The number of nitrogens with zero attached hydrogens (tertiary/aromatic N) is 3. The third kappa shape index (κ3) is 2.92. The Kier molecular flexibility index (Phi) is 3.14. The summed E-state index contributed by atoms with van der Waals surface area (Å²) in [6.45, 7) is 4.64. The lowest BCUT2D eigenvalue weighted by Gasteiger charge is -2.03. The minimum Gasteiger partial charge on any atom is -0.345 e. The molecular weight excluding hydrogens is 190 g/mol. The van der Waals surface area contributed by atoms with Crippen LogP contribution < -0.4 is 5.32 Å². The van der Waals surface area contributed by atoms with Crippen LogP contribution >= 0.6 is 0 Å². The van der Waals surface area contributed by atoms with Crippen molar-refractivity contribution < 1.29 is 0 Å². The first-order chi connectivity index (χ1) is 7.34. The summed E-state index contributed by atoms with van der Waals surface area (Å²) in [5.74, 6) is 0.960. The molecular formula is C10H15N5. The number of hydrogen-bond acceptors (Lipinski definition) is 3. The van der Waals surface area contributed by atoms with E-state index in [1.165, 1.54) is 0 Å². The SMILES string of the molecule is Cc1ncc(CNCCn2ccnc2)[nH]1. The van der Waals surface area contributed by atoms with Crippen molar-refractivity contribution in [1.29, 1.82) is 0 Å². The first-order valence-electron chi connectivity index (χ1n) is 5.01. The van der Waals surface area contributed by atoms with E-state index in [-0.39, 0.29) is 0 Å². The van der Waals surface area contributed by atoms with Gasteiger partial charge in [0.1, 0.15) is 5.82 Å². The first kappa shape index (κ1) is 9.92. The van der Waals surface area contributed by atoms with Gasteiger partial charge in [0.2, 0.25) is 0 Å². The van der Waals surface area contributed by atoms with Crippen LogP contribution in [0.5, 0.6) is 0 Å². The van der Waals surface area contributed by atoms with Gasteiger partial charge in [-0.15, -0.1) is 0 Å². The summed E-state index contributed by atoms with van der Waals surface area (Å²) in [6.07, 6.45) is 7.43. The summed E-state index contributed by atoms with van der Waals surface area (Å²) in [7, 11) is 0. The lowest BCUT2D eigenvalue weighted by atomic mass is 10.4. The zero-order chi connectivity index (χ0) is 10.5. The summed E-state index contributed by atoms with van der Waals surface area (Å²) in [5, 5.41) is 3.33. The molecule has 0 aliphatic heterocycles. The number of hydrogen-bond donors (Lipinski definition) is 2. The van der Waals surface area contributed by atoms with Gasteiger partial charge in [-0.3, -0.25) is 0 Å². The summed E-state index contributed by atoms with van der Waals surface area (Å²) >= 11 is 0. The Morgan fingerprint density at radius 1 is 1.53 bits per heavy atom. The average Bonchev–Trinajstić information content (AvgIpc) is 2.84. The number of imidazole rings is 2. The monoisotopic (exact) mass is 205 g/mol. The Hall–Kier alpha value is -1.62. The molecule has 2 rings (SSSR count). The maximum absolute atomic E-state index is 4.13. The van der Waals surface area contributed by atoms with E-state index in [1.54, 1.807) is 6.20 Å². The topological polar surface area (TPSA) is 58.5 Å². The average molecular weight is 205 g/mol. The number of nitrogens with one attached hydrogen (secondary N) is 2. The molecule has 2 heterocycles. The van der Waals surface area contributed by atoms with E-state index < -0.39 is 0 Å². The number of H-pyrrole nitrogens is 1. The highest BCUT2D eigenvalue weighted by atomic mass is 15.0. The second-order valence-electron chi connectivity index (χ2n) is 3.47. The molecule has 0 unspecified atom stereocenters. The van der Waals surface area contributed by atoms with Crippen molar-refractivity contribution in [3.8, 4) is 0 Å². The molecule has 0 atom stereocenters. The van der Waals surface area contributed by atoms with Crippen LogP contribution in [-0.2, 0) is 13.1 Å². The van der Waals surface area contributed by atoms with Gasteiger partial charge in [0.25, 0.3) is 0 Å². The third-order valence-corrected chi connectivity index (χ3v) is 2.18. The highest BCUT2D eigenvalue weighted by Gasteiger charge is 1.95. The predicted octanol–water partition coefficient (Wildman–Crippen LogP) is 0.704. The summed E-state index contributed by atoms with van der Waals surface area (Å²) in [6, 6.07) is 0. The fraction of sp³-hybridized carbons (Fsp3) is 0.400. The van der Waals surface area contributed by atoms with Gasteiger partial charge in [-0.2, -0.15) is 0 Å². The molecule has 0 spiro atoms. The van der Waals surface area contributed by atoms with Crippen LogP contribution in [0.1, 0.15) is 11.5 Å². The van der Waals surface area contributed by atoms with Crippen LogP contribution in [0.2, 0.25) is 0 Å². The molecule has 0 aliphatic carbocycles. The molecule has 0 radical (unpaired) electrons. The first-order valence-corrected chi connectivity index (χ1v) is 5.01. The molecule has 2 aromatic rings. The number of aryl methyl sites for hydroxylation is 1. The number of rotatable bonds is 5. The van der Waals surface area contributed by atoms with Crippen LogP contribution in [0.25, 0.3) is 0 Å². The molecule has 5 nitrogen and oxygen atoms in total. The maximum atomic E-state index is 4.13. The van der Waals surface area contributed by atoms with Crippen molar-refractivity contribution in [3.05, 3.63) is 36.4 Å². The van der Waals surface area contributed by atoms with Gasteiger partial charge >= 0.3 is 0 Å². The quantitative estimate of drug-likeness (QED) is 0.707. The Labute approximate surface area is 88.6 Å². The zero-order valence-electron chi connectivity index (χ0n) is 8.77. The summed E-state index contributed by atoms with van der Waals surface area (Å²) in [5.41, 5.74) is 1.12. The normalized spacial score (nSPS) is 10.7. The summed E-state index contributed by atoms with van der Waals surface area (Å²) in [4.78, 5) is 11.3. The molecule has 15 heavy (non-hydrogen) atoms. The van der Waals surface area contributed by atoms with E-state index in [0.717, 1.165) is 31.2 Å². The molecule has 0 saturated heterocycles. The fourth-order valence-corrected chi connectivity index (χ4v) is 1.41. The van der Waals surface area contributed by atoms with E-state index in [9.17, 15) is 0 Å². The molecule has 0 bridgehead atoms. The van der Waals surface area contributed by atoms with Crippen LogP contribution in [0, 0.1) is 6.92 Å². The molecule has 0 fully saturated rings. The van der Waals surface area contributed by atoms with E-state index in [0.29, 0.717) is 0 Å². The minimum atomic E-state index is 0.829.